The molecule has 2 aromatic rings. The number of phenolic OH excluding ortho intramolecular Hbond substituents is 1. The number of hydrogen-bond donors (Lipinski definition) is 4. The molecular weight excluding hydrogens is 427 g/mol. The van der Waals surface area contributed by atoms with Crippen LogP contribution in [0.4, 0.5) is 24.5 Å². The highest BCUT2D eigenvalue weighted by Crippen LogP contribution is 2.26. The van der Waals surface area contributed by atoms with Crippen LogP contribution in [0.3, 0.4) is 0 Å². The largest absolute Gasteiger partial charge is 0.508 e. The van der Waals surface area contributed by atoms with Gasteiger partial charge in [0.05, 0.1) is 17.7 Å². The van der Waals surface area contributed by atoms with E-state index in [1.54, 1.807) is 30.3 Å². The average molecular weight is 453 g/mol. The smallest absolute Gasteiger partial charge is 0.389 e. The highest BCUT2D eigenvalue weighted by Gasteiger charge is 2.28. The number of carboxylic acids is 1. The summed E-state index contributed by atoms with van der Waals surface area (Å²) in [6.45, 7) is 4.19. The zero-order valence-corrected chi connectivity index (χ0v) is 17.5. The summed E-state index contributed by atoms with van der Waals surface area (Å²) in [5, 5.41) is 23.5. The van der Waals surface area contributed by atoms with E-state index in [1.165, 1.54) is 12.1 Å². The number of alkyl halides is 3. The summed E-state index contributed by atoms with van der Waals surface area (Å²) < 4.78 is 36.5. The van der Waals surface area contributed by atoms with E-state index in [0.29, 0.717) is 24.5 Å². The van der Waals surface area contributed by atoms with Gasteiger partial charge in [0, 0.05) is 37.8 Å². The van der Waals surface area contributed by atoms with Crippen LogP contribution in [0.1, 0.15) is 30.1 Å². The number of benzene rings is 2. The van der Waals surface area contributed by atoms with Crippen molar-refractivity contribution in [2.75, 3.05) is 29.9 Å². The van der Waals surface area contributed by atoms with E-state index in [1.807, 2.05) is 17.9 Å². The predicted octanol–water partition coefficient (Wildman–Crippen LogP) is 3.86. The standard InChI is InChI=1S/C16H20F3N3O3.C6H6O/c1-10-9-22(7-6-20-10)11-2-3-13(12(8-11)15(24)25)21-14(23)4-5-16(17,18)19;7-6-4-2-1-3-5-6/h2-3,8,10,20H,4-7,9H2,1H3,(H,21,23)(H,24,25);1-5,7H/t10-;/m0./s1. The van der Waals surface area contributed by atoms with Crippen molar-refractivity contribution in [2.24, 2.45) is 0 Å². The Morgan fingerprint density at radius 1 is 1.19 bits per heavy atom. The second kappa shape index (κ2) is 11.4. The first-order valence-electron chi connectivity index (χ1n) is 10.0. The fourth-order valence-corrected chi connectivity index (χ4v) is 3.08. The quantitative estimate of drug-likeness (QED) is 0.549. The predicted molar refractivity (Wildman–Crippen MR) is 115 cm³/mol. The number of amides is 1. The minimum absolute atomic E-state index is 0.00777. The summed E-state index contributed by atoms with van der Waals surface area (Å²) in [5.74, 6) is -1.80. The van der Waals surface area contributed by atoms with Gasteiger partial charge in [0.2, 0.25) is 5.91 Å². The number of nitrogens with one attached hydrogen (secondary N) is 2. The number of hydrogen-bond acceptors (Lipinski definition) is 5. The van der Waals surface area contributed by atoms with Crippen molar-refractivity contribution in [3.63, 3.8) is 0 Å². The van der Waals surface area contributed by atoms with Crippen molar-refractivity contribution in [1.82, 2.24) is 5.32 Å². The van der Waals surface area contributed by atoms with Crippen LogP contribution in [0.2, 0.25) is 0 Å². The molecule has 1 fully saturated rings. The van der Waals surface area contributed by atoms with Gasteiger partial charge in [-0.15, -0.1) is 0 Å². The molecule has 2 aromatic carbocycles. The Kier molecular flexibility index (Phi) is 8.89. The lowest BCUT2D eigenvalue weighted by molar-refractivity contribution is -0.142. The second-order valence-corrected chi connectivity index (χ2v) is 7.34. The van der Waals surface area contributed by atoms with E-state index in [4.69, 9.17) is 5.11 Å². The number of piperazine rings is 1. The maximum Gasteiger partial charge on any atom is 0.389 e. The Bertz CT molecular complexity index is 907. The summed E-state index contributed by atoms with van der Waals surface area (Å²) in [4.78, 5) is 25.1. The second-order valence-electron chi connectivity index (χ2n) is 7.34. The molecule has 0 spiro atoms. The average Bonchev–Trinajstić information content (AvgIpc) is 2.73. The number of halogens is 3. The van der Waals surface area contributed by atoms with Crippen LogP contribution in [0.25, 0.3) is 0 Å². The van der Waals surface area contributed by atoms with Crippen LogP contribution >= 0.6 is 0 Å². The number of carbonyl (C=O) groups is 2. The highest BCUT2D eigenvalue weighted by atomic mass is 19.4. The maximum atomic E-state index is 12.2. The summed E-state index contributed by atoms with van der Waals surface area (Å²) >= 11 is 0. The van der Waals surface area contributed by atoms with Gasteiger partial charge in [-0.3, -0.25) is 4.79 Å². The Balaban J connectivity index is 0.000000439. The first-order valence-corrected chi connectivity index (χ1v) is 10.0. The molecule has 32 heavy (non-hydrogen) atoms. The normalized spacial score (nSPS) is 16.0. The number of anilines is 2. The zero-order chi connectivity index (χ0) is 23.7. The van der Waals surface area contributed by atoms with Gasteiger partial charge in [-0.1, -0.05) is 18.2 Å². The molecule has 3 rings (SSSR count). The van der Waals surface area contributed by atoms with Crippen molar-refractivity contribution in [2.45, 2.75) is 32.0 Å². The van der Waals surface area contributed by atoms with Crippen LogP contribution in [0.15, 0.2) is 48.5 Å². The van der Waals surface area contributed by atoms with Crippen molar-refractivity contribution in [1.29, 1.82) is 0 Å². The summed E-state index contributed by atoms with van der Waals surface area (Å²) in [6.07, 6.45) is -6.44. The van der Waals surface area contributed by atoms with Crippen molar-refractivity contribution >= 4 is 23.3 Å². The molecule has 174 valence electrons. The van der Waals surface area contributed by atoms with E-state index in [2.05, 4.69) is 10.6 Å². The van der Waals surface area contributed by atoms with Gasteiger partial charge < -0.3 is 25.7 Å². The molecule has 10 heteroatoms. The Hall–Kier alpha value is -3.27. The number of rotatable bonds is 5. The number of aromatic carboxylic acids is 1. The maximum absolute atomic E-state index is 12.2. The van der Waals surface area contributed by atoms with E-state index in [-0.39, 0.29) is 17.3 Å². The number of nitrogens with zero attached hydrogens (tertiary/aromatic N) is 1. The van der Waals surface area contributed by atoms with Crippen LogP contribution in [-0.2, 0) is 4.79 Å². The van der Waals surface area contributed by atoms with E-state index < -0.39 is 30.9 Å². The molecule has 0 saturated carbocycles. The van der Waals surface area contributed by atoms with Gasteiger partial charge >= 0.3 is 12.1 Å². The monoisotopic (exact) mass is 453 g/mol. The Morgan fingerprint density at radius 2 is 1.88 bits per heavy atom. The molecule has 1 aliphatic heterocycles. The summed E-state index contributed by atoms with van der Waals surface area (Å²) in [6, 6.07) is 13.5. The Morgan fingerprint density at radius 3 is 2.41 bits per heavy atom. The molecule has 0 bridgehead atoms. The number of carbonyl (C=O) groups excluding carboxylic acids is 1. The van der Waals surface area contributed by atoms with Crippen LogP contribution < -0.4 is 15.5 Å². The highest BCUT2D eigenvalue weighted by molar-refractivity contribution is 6.01. The van der Waals surface area contributed by atoms with Crippen LogP contribution in [-0.4, -0.2) is 53.9 Å². The molecule has 7 nitrogen and oxygen atoms in total. The summed E-state index contributed by atoms with van der Waals surface area (Å²) in [7, 11) is 0. The van der Waals surface area contributed by atoms with Crippen LogP contribution in [0, 0.1) is 0 Å². The molecule has 1 aliphatic rings. The minimum atomic E-state index is -4.43. The van der Waals surface area contributed by atoms with E-state index in [0.717, 1.165) is 6.54 Å². The number of para-hydroxylation sites is 1. The molecule has 1 amide bonds. The lowest BCUT2D eigenvalue weighted by Crippen LogP contribution is -2.49. The third-order valence-corrected chi connectivity index (χ3v) is 4.63. The van der Waals surface area contributed by atoms with Crippen molar-refractivity contribution in [3.8, 4) is 5.75 Å². The molecule has 0 unspecified atom stereocenters. The first-order chi connectivity index (χ1) is 15.0. The Labute approximate surface area is 183 Å². The van der Waals surface area contributed by atoms with Gasteiger partial charge in [-0.25, -0.2) is 4.79 Å². The first kappa shape index (κ1) is 25.0. The zero-order valence-electron chi connectivity index (χ0n) is 17.5. The molecule has 0 radical (unpaired) electrons. The third kappa shape index (κ3) is 8.46. The fraction of sp³-hybridized carbons (Fsp3) is 0.364. The molecular formula is C22H26F3N3O4. The van der Waals surface area contributed by atoms with E-state index >= 15 is 0 Å². The topological polar surface area (TPSA) is 102 Å². The molecule has 1 saturated heterocycles. The number of aromatic hydroxyl groups is 1. The lowest BCUT2D eigenvalue weighted by atomic mass is 10.1. The fourth-order valence-electron chi connectivity index (χ4n) is 3.08. The molecule has 1 atom stereocenters. The molecule has 0 aromatic heterocycles. The van der Waals surface area contributed by atoms with Gasteiger partial charge in [-0.2, -0.15) is 13.2 Å². The summed E-state index contributed by atoms with van der Waals surface area (Å²) in [5.41, 5.74) is 0.537. The van der Waals surface area contributed by atoms with Gasteiger partial charge in [0.25, 0.3) is 0 Å². The molecule has 1 heterocycles. The molecule has 4 N–H and O–H groups in total. The molecule has 0 aliphatic carbocycles. The van der Waals surface area contributed by atoms with Gasteiger partial charge in [0.1, 0.15) is 5.75 Å². The van der Waals surface area contributed by atoms with Crippen molar-refractivity contribution in [3.05, 3.63) is 54.1 Å². The van der Waals surface area contributed by atoms with Gasteiger partial charge in [-0.05, 0) is 37.3 Å². The third-order valence-electron chi connectivity index (χ3n) is 4.63. The van der Waals surface area contributed by atoms with E-state index in [9.17, 15) is 27.9 Å². The van der Waals surface area contributed by atoms with Crippen LogP contribution in [0.5, 0.6) is 5.75 Å². The number of carboxylic acid groups (broad SMARTS) is 1. The van der Waals surface area contributed by atoms with Crippen molar-refractivity contribution < 1.29 is 33.0 Å². The minimum Gasteiger partial charge on any atom is -0.508 e. The number of phenols is 1. The lowest BCUT2D eigenvalue weighted by Gasteiger charge is -2.34. The van der Waals surface area contributed by atoms with Gasteiger partial charge in [0.15, 0.2) is 0 Å². The SMILES string of the molecule is C[C@H]1CN(c2ccc(NC(=O)CCC(F)(F)F)c(C(=O)O)c2)CCN1.Oc1ccccc1.